The number of benzene rings is 2. The van der Waals surface area contributed by atoms with Crippen LogP contribution in [-0.2, 0) is 0 Å². The van der Waals surface area contributed by atoms with Gasteiger partial charge in [-0.3, -0.25) is 10.1 Å². The van der Waals surface area contributed by atoms with Crippen molar-refractivity contribution in [2.45, 2.75) is 9.97 Å². The molecule has 2 aromatic carbocycles. The molecule has 80 valence electrons. The van der Waals surface area contributed by atoms with E-state index in [1.165, 1.54) is 0 Å². The minimum Gasteiger partial charge on any atom is -0.264 e. The second-order valence-corrected chi connectivity index (χ2v) is 5.27. The van der Waals surface area contributed by atoms with Crippen molar-refractivity contribution in [3.05, 3.63) is 57.6 Å². The fourth-order valence-corrected chi connectivity index (χ4v) is 3.59. The molecule has 0 aromatic heterocycles. The lowest BCUT2D eigenvalue weighted by Gasteiger charge is -2.07. The van der Waals surface area contributed by atoms with Crippen LogP contribution in [0, 0.1) is 10.1 Å². The Bertz CT molecular complexity index is 591. The second-order valence-electron chi connectivity index (χ2n) is 3.92. The summed E-state index contributed by atoms with van der Waals surface area (Å²) in [5.74, 6) is 0. The van der Waals surface area contributed by atoms with E-state index in [9.17, 15) is 10.1 Å². The van der Waals surface area contributed by atoms with Gasteiger partial charge in [0, 0.05) is 10.5 Å². The first-order valence-electron chi connectivity index (χ1n) is 4.99. The Hall–Kier alpha value is -1.17. The highest BCUT2D eigenvalue weighted by Gasteiger charge is 2.40. The molecule has 0 spiro atoms. The van der Waals surface area contributed by atoms with E-state index in [1.807, 2.05) is 36.4 Å². The van der Waals surface area contributed by atoms with Gasteiger partial charge in [0.2, 0.25) is 0 Å². The number of halogens is 1. The van der Waals surface area contributed by atoms with Crippen molar-refractivity contribution >= 4 is 33.4 Å². The maximum Gasteiger partial charge on any atom is 0.254 e. The predicted octanol–water partition coefficient (Wildman–Crippen LogP) is 3.65. The highest BCUT2D eigenvalue weighted by Crippen LogP contribution is 2.50. The molecule has 0 saturated carbocycles. The minimum atomic E-state index is -0.596. The topological polar surface area (TPSA) is 43.1 Å². The number of nitro groups is 1. The summed E-state index contributed by atoms with van der Waals surface area (Å²) in [4.78, 5) is 10.9. The monoisotopic (exact) mass is 325 g/mol. The van der Waals surface area contributed by atoms with Gasteiger partial charge in [0.05, 0.1) is 0 Å². The van der Waals surface area contributed by atoms with E-state index in [4.69, 9.17) is 0 Å². The summed E-state index contributed by atoms with van der Waals surface area (Å²) in [6.45, 7) is 0. The van der Waals surface area contributed by atoms with Crippen molar-refractivity contribution in [3.8, 4) is 0 Å². The number of alkyl halides is 1. The lowest BCUT2D eigenvalue weighted by molar-refractivity contribution is -0.527. The van der Waals surface area contributed by atoms with Crippen LogP contribution in [0.25, 0.3) is 10.8 Å². The molecule has 1 aliphatic carbocycles. The molecule has 0 N–H and O–H groups in total. The molecule has 1 aliphatic rings. The fraction of sp³-hybridized carbons (Fsp3) is 0.167. The molecule has 0 heterocycles. The van der Waals surface area contributed by atoms with E-state index >= 15 is 0 Å². The lowest BCUT2D eigenvalue weighted by Crippen LogP contribution is -2.10. The average Bonchev–Trinajstić information content (AvgIpc) is 2.55. The third-order valence-corrected chi connectivity index (χ3v) is 4.44. The fourth-order valence-electron chi connectivity index (χ4n) is 2.42. The Kier molecular flexibility index (Phi) is 2.14. The standard InChI is InChI=1S/C12H8INO2/c13-11-8-5-1-3-7-4-2-6-9(10(7)8)12(11)14(15)16/h1-6,11-12H. The summed E-state index contributed by atoms with van der Waals surface area (Å²) in [5, 5.41) is 13.3. The van der Waals surface area contributed by atoms with Crippen LogP contribution in [0.15, 0.2) is 36.4 Å². The van der Waals surface area contributed by atoms with Crippen molar-refractivity contribution in [1.29, 1.82) is 0 Å². The van der Waals surface area contributed by atoms with Gasteiger partial charge in [-0.05, 0) is 16.3 Å². The molecular weight excluding hydrogens is 317 g/mol. The van der Waals surface area contributed by atoms with E-state index in [2.05, 4.69) is 22.6 Å². The molecule has 2 atom stereocenters. The Morgan fingerprint density at radius 2 is 1.75 bits per heavy atom. The van der Waals surface area contributed by atoms with Gasteiger partial charge in [-0.1, -0.05) is 59.0 Å². The van der Waals surface area contributed by atoms with Crippen LogP contribution >= 0.6 is 22.6 Å². The smallest absolute Gasteiger partial charge is 0.254 e. The number of hydrogen-bond acceptors (Lipinski definition) is 2. The first-order valence-corrected chi connectivity index (χ1v) is 6.24. The molecule has 2 aromatic rings. The van der Waals surface area contributed by atoms with E-state index in [1.54, 1.807) is 0 Å². The zero-order valence-corrected chi connectivity index (χ0v) is 10.4. The van der Waals surface area contributed by atoms with Crippen LogP contribution < -0.4 is 0 Å². The minimum absolute atomic E-state index is 0.0614. The molecule has 0 amide bonds. The van der Waals surface area contributed by atoms with Gasteiger partial charge in [-0.15, -0.1) is 0 Å². The molecule has 3 rings (SSSR count). The van der Waals surface area contributed by atoms with Crippen molar-refractivity contribution in [1.82, 2.24) is 0 Å². The predicted molar refractivity (Wildman–Crippen MR) is 70.4 cm³/mol. The van der Waals surface area contributed by atoms with Crippen LogP contribution in [-0.4, -0.2) is 4.92 Å². The summed E-state index contributed by atoms with van der Waals surface area (Å²) >= 11 is 2.17. The van der Waals surface area contributed by atoms with Crippen molar-refractivity contribution in [3.63, 3.8) is 0 Å². The van der Waals surface area contributed by atoms with Gasteiger partial charge >= 0.3 is 0 Å². The van der Waals surface area contributed by atoms with Crippen LogP contribution in [0.5, 0.6) is 0 Å². The van der Waals surface area contributed by atoms with Gasteiger partial charge in [0.25, 0.3) is 6.04 Å². The molecule has 3 nitrogen and oxygen atoms in total. The molecule has 2 unspecified atom stereocenters. The second kappa shape index (κ2) is 3.41. The van der Waals surface area contributed by atoms with E-state index in [0.29, 0.717) is 0 Å². The van der Waals surface area contributed by atoms with Crippen LogP contribution in [0.3, 0.4) is 0 Å². The van der Waals surface area contributed by atoms with Gasteiger partial charge in [-0.25, -0.2) is 0 Å². The van der Waals surface area contributed by atoms with Crippen LogP contribution in [0.1, 0.15) is 21.1 Å². The molecule has 16 heavy (non-hydrogen) atoms. The first-order chi connectivity index (χ1) is 7.70. The zero-order valence-electron chi connectivity index (χ0n) is 8.26. The maximum atomic E-state index is 11.1. The SMILES string of the molecule is O=[N+]([O-])C1c2cccc3cccc(c23)C1I. The zero-order chi connectivity index (χ0) is 11.3. The van der Waals surface area contributed by atoms with Crippen LogP contribution in [0.2, 0.25) is 0 Å². The van der Waals surface area contributed by atoms with Gasteiger partial charge < -0.3 is 0 Å². The van der Waals surface area contributed by atoms with Gasteiger partial charge in [0.1, 0.15) is 3.92 Å². The van der Waals surface area contributed by atoms with Gasteiger partial charge in [0.15, 0.2) is 0 Å². The molecule has 0 saturated heterocycles. The molecule has 0 radical (unpaired) electrons. The Balaban J connectivity index is 2.39. The summed E-state index contributed by atoms with van der Waals surface area (Å²) in [6.07, 6.45) is 0. The maximum absolute atomic E-state index is 11.1. The van der Waals surface area contributed by atoms with Crippen LogP contribution in [0.4, 0.5) is 0 Å². The Morgan fingerprint density at radius 1 is 1.12 bits per heavy atom. The molecular formula is C12H8INO2. The third kappa shape index (κ3) is 1.19. The molecule has 0 aliphatic heterocycles. The van der Waals surface area contributed by atoms with Crippen molar-refractivity contribution in [2.24, 2.45) is 0 Å². The number of rotatable bonds is 1. The van der Waals surface area contributed by atoms with Crippen molar-refractivity contribution in [2.75, 3.05) is 0 Å². The molecule has 0 fully saturated rings. The number of hydrogen-bond donors (Lipinski definition) is 0. The average molecular weight is 325 g/mol. The summed E-state index contributed by atoms with van der Waals surface area (Å²) in [5.41, 5.74) is 1.95. The lowest BCUT2D eigenvalue weighted by atomic mass is 10.1. The third-order valence-electron chi connectivity index (χ3n) is 3.09. The highest BCUT2D eigenvalue weighted by molar-refractivity contribution is 14.1. The summed E-state index contributed by atoms with van der Waals surface area (Å²) < 4.78 is -0.0614. The van der Waals surface area contributed by atoms with Crippen molar-refractivity contribution < 1.29 is 4.92 Å². The Labute approximate surface area is 106 Å². The summed E-state index contributed by atoms with van der Waals surface area (Å²) in [6, 6.07) is 11.1. The van der Waals surface area contributed by atoms with E-state index in [-0.39, 0.29) is 8.85 Å². The largest absolute Gasteiger partial charge is 0.264 e. The molecule has 0 bridgehead atoms. The van der Waals surface area contributed by atoms with E-state index < -0.39 is 6.04 Å². The quantitative estimate of drug-likeness (QED) is 0.348. The summed E-state index contributed by atoms with van der Waals surface area (Å²) in [7, 11) is 0. The highest BCUT2D eigenvalue weighted by atomic mass is 127. The first kappa shape index (κ1) is 10.0. The normalized spacial score (nSPS) is 22.6. The number of nitrogens with zero attached hydrogens (tertiary/aromatic N) is 1. The Morgan fingerprint density at radius 3 is 2.38 bits per heavy atom. The molecule has 4 heteroatoms. The van der Waals surface area contributed by atoms with E-state index in [0.717, 1.165) is 21.9 Å². The van der Waals surface area contributed by atoms with Gasteiger partial charge in [-0.2, -0.15) is 0 Å².